The van der Waals surface area contributed by atoms with Crippen molar-refractivity contribution in [2.45, 2.75) is 13.0 Å². The molecule has 0 radical (unpaired) electrons. The van der Waals surface area contributed by atoms with Crippen LogP contribution in [0, 0.1) is 0 Å². The largest absolute Gasteiger partial charge is 0.467 e. The number of ether oxygens (including phenoxy) is 1. The minimum atomic E-state index is 0.0603. The second-order valence-corrected chi connectivity index (χ2v) is 4.11. The molecule has 0 saturated carbocycles. The normalized spacial score (nSPS) is 11.9. The van der Waals surface area contributed by atoms with Gasteiger partial charge in [-0.2, -0.15) is 4.98 Å². The van der Waals surface area contributed by atoms with Crippen LogP contribution in [0.3, 0.4) is 0 Å². The Morgan fingerprint density at radius 1 is 1.33 bits per heavy atom. The van der Waals surface area contributed by atoms with Crippen LogP contribution in [0.1, 0.15) is 18.5 Å². The van der Waals surface area contributed by atoms with E-state index in [1.807, 2.05) is 19.1 Å². The van der Waals surface area contributed by atoms with Crippen molar-refractivity contribution in [3.63, 3.8) is 0 Å². The second-order valence-electron chi connectivity index (χ2n) is 3.70. The van der Waals surface area contributed by atoms with Gasteiger partial charge >= 0.3 is 6.01 Å². The number of rotatable bonds is 4. The lowest BCUT2D eigenvalue weighted by Gasteiger charge is -2.15. The van der Waals surface area contributed by atoms with Crippen molar-refractivity contribution < 1.29 is 4.74 Å². The van der Waals surface area contributed by atoms with Gasteiger partial charge in [0.25, 0.3) is 0 Å². The van der Waals surface area contributed by atoms with E-state index in [0.717, 1.165) is 5.56 Å². The standard InChI is InChI=1S/C12H13ClN4O/c1-8(9-3-5-14-6-4-9)16-11-10(13)7-15-12(17-11)18-2/h3-8H,1-2H3,(H,15,16,17). The first-order valence-corrected chi connectivity index (χ1v) is 5.81. The summed E-state index contributed by atoms with van der Waals surface area (Å²) in [4.78, 5) is 12.1. The number of nitrogens with one attached hydrogen (secondary N) is 1. The predicted molar refractivity (Wildman–Crippen MR) is 69.9 cm³/mol. The fourth-order valence-electron chi connectivity index (χ4n) is 1.49. The summed E-state index contributed by atoms with van der Waals surface area (Å²) in [5.74, 6) is 0.549. The highest BCUT2D eigenvalue weighted by Gasteiger charge is 2.10. The van der Waals surface area contributed by atoms with Gasteiger partial charge in [0, 0.05) is 12.4 Å². The first-order chi connectivity index (χ1) is 8.70. The maximum atomic E-state index is 6.03. The third-order valence-electron chi connectivity index (χ3n) is 2.46. The van der Waals surface area contributed by atoms with Gasteiger partial charge in [-0.3, -0.25) is 4.98 Å². The Labute approximate surface area is 110 Å². The van der Waals surface area contributed by atoms with Crippen molar-refractivity contribution in [3.8, 4) is 6.01 Å². The van der Waals surface area contributed by atoms with Crippen LogP contribution in [0.15, 0.2) is 30.7 Å². The zero-order chi connectivity index (χ0) is 13.0. The molecule has 0 bridgehead atoms. The zero-order valence-corrected chi connectivity index (χ0v) is 10.8. The maximum absolute atomic E-state index is 6.03. The summed E-state index contributed by atoms with van der Waals surface area (Å²) >= 11 is 6.03. The fourth-order valence-corrected chi connectivity index (χ4v) is 1.64. The van der Waals surface area contributed by atoms with E-state index in [9.17, 15) is 0 Å². The Bertz CT molecular complexity index is 521. The first kappa shape index (κ1) is 12.6. The lowest BCUT2D eigenvalue weighted by atomic mass is 10.1. The van der Waals surface area contributed by atoms with Crippen LogP contribution in [-0.2, 0) is 0 Å². The summed E-state index contributed by atoms with van der Waals surface area (Å²) in [5, 5.41) is 3.67. The Kier molecular flexibility index (Phi) is 3.94. The maximum Gasteiger partial charge on any atom is 0.318 e. The Morgan fingerprint density at radius 3 is 2.72 bits per heavy atom. The molecule has 0 amide bonds. The highest BCUT2D eigenvalue weighted by Crippen LogP contribution is 2.24. The molecule has 0 aromatic carbocycles. The summed E-state index contributed by atoms with van der Waals surface area (Å²) in [6.45, 7) is 2.01. The van der Waals surface area contributed by atoms with Crippen LogP contribution in [0.4, 0.5) is 5.82 Å². The van der Waals surface area contributed by atoms with Crippen molar-refractivity contribution in [3.05, 3.63) is 41.3 Å². The number of pyridine rings is 1. The molecule has 0 aliphatic carbocycles. The molecule has 0 spiro atoms. The molecule has 2 rings (SSSR count). The smallest absolute Gasteiger partial charge is 0.318 e. The Balaban J connectivity index is 2.18. The van der Waals surface area contributed by atoms with Crippen molar-refractivity contribution in [1.29, 1.82) is 0 Å². The van der Waals surface area contributed by atoms with Gasteiger partial charge in [-0.05, 0) is 24.6 Å². The highest BCUT2D eigenvalue weighted by atomic mass is 35.5. The van der Waals surface area contributed by atoms with Gasteiger partial charge in [-0.25, -0.2) is 4.98 Å². The molecular formula is C12H13ClN4O. The molecule has 0 aliphatic rings. The lowest BCUT2D eigenvalue weighted by molar-refractivity contribution is 0.380. The van der Waals surface area contributed by atoms with Gasteiger partial charge in [0.2, 0.25) is 0 Å². The van der Waals surface area contributed by atoms with Crippen LogP contribution < -0.4 is 10.1 Å². The topological polar surface area (TPSA) is 59.9 Å². The molecule has 2 aromatic rings. The lowest BCUT2D eigenvalue weighted by Crippen LogP contribution is -2.09. The van der Waals surface area contributed by atoms with Crippen molar-refractivity contribution in [2.24, 2.45) is 0 Å². The predicted octanol–water partition coefficient (Wildman–Crippen LogP) is 2.71. The van der Waals surface area contributed by atoms with Crippen LogP contribution >= 0.6 is 11.6 Å². The molecule has 94 valence electrons. The van der Waals surface area contributed by atoms with E-state index in [1.54, 1.807) is 12.4 Å². The quantitative estimate of drug-likeness (QED) is 0.920. The van der Waals surface area contributed by atoms with Gasteiger partial charge in [-0.1, -0.05) is 11.6 Å². The minimum Gasteiger partial charge on any atom is -0.467 e. The molecule has 2 heterocycles. The van der Waals surface area contributed by atoms with E-state index in [1.165, 1.54) is 13.3 Å². The second kappa shape index (κ2) is 5.64. The highest BCUT2D eigenvalue weighted by molar-refractivity contribution is 6.32. The Hall–Kier alpha value is -1.88. The van der Waals surface area contributed by atoms with E-state index in [4.69, 9.17) is 16.3 Å². The first-order valence-electron chi connectivity index (χ1n) is 5.43. The third-order valence-corrected chi connectivity index (χ3v) is 2.74. The van der Waals surface area contributed by atoms with Gasteiger partial charge < -0.3 is 10.1 Å². The van der Waals surface area contributed by atoms with Crippen LogP contribution in [0.5, 0.6) is 6.01 Å². The summed E-state index contributed by atoms with van der Waals surface area (Å²) in [6, 6.07) is 4.21. The Morgan fingerprint density at radius 2 is 2.06 bits per heavy atom. The number of aromatic nitrogens is 3. The summed E-state index contributed by atoms with van der Waals surface area (Å²) in [7, 11) is 1.51. The number of nitrogens with zero attached hydrogens (tertiary/aromatic N) is 3. The molecule has 18 heavy (non-hydrogen) atoms. The number of hydrogen-bond donors (Lipinski definition) is 1. The van der Waals surface area contributed by atoms with Gasteiger partial charge in [0.1, 0.15) is 5.02 Å². The van der Waals surface area contributed by atoms with Gasteiger partial charge in [0.05, 0.1) is 19.3 Å². The summed E-state index contributed by atoms with van der Waals surface area (Å²) in [5.41, 5.74) is 1.10. The molecule has 5 nitrogen and oxygen atoms in total. The minimum absolute atomic E-state index is 0.0603. The fraction of sp³-hybridized carbons (Fsp3) is 0.250. The van der Waals surface area contributed by atoms with Gasteiger partial charge in [-0.15, -0.1) is 0 Å². The zero-order valence-electron chi connectivity index (χ0n) is 10.1. The molecule has 1 atom stereocenters. The molecule has 0 fully saturated rings. The molecular weight excluding hydrogens is 252 g/mol. The number of hydrogen-bond acceptors (Lipinski definition) is 5. The van der Waals surface area contributed by atoms with Crippen molar-refractivity contribution in [2.75, 3.05) is 12.4 Å². The van der Waals surface area contributed by atoms with Crippen LogP contribution in [-0.4, -0.2) is 22.1 Å². The summed E-state index contributed by atoms with van der Waals surface area (Å²) < 4.78 is 4.97. The van der Waals surface area contributed by atoms with Gasteiger partial charge in [0.15, 0.2) is 5.82 Å². The summed E-state index contributed by atoms with van der Waals surface area (Å²) in [6.07, 6.45) is 5.00. The number of halogens is 1. The average Bonchev–Trinajstić information content (AvgIpc) is 2.42. The SMILES string of the molecule is COc1ncc(Cl)c(NC(C)c2ccncc2)n1. The van der Waals surface area contributed by atoms with Crippen molar-refractivity contribution >= 4 is 17.4 Å². The van der Waals surface area contributed by atoms with E-state index < -0.39 is 0 Å². The van der Waals surface area contributed by atoms with E-state index >= 15 is 0 Å². The van der Waals surface area contributed by atoms with Crippen molar-refractivity contribution in [1.82, 2.24) is 15.0 Å². The average molecular weight is 265 g/mol. The van der Waals surface area contributed by atoms with E-state index in [-0.39, 0.29) is 12.1 Å². The molecule has 0 aliphatic heterocycles. The monoisotopic (exact) mass is 264 g/mol. The van der Waals surface area contributed by atoms with Crippen LogP contribution in [0.2, 0.25) is 5.02 Å². The molecule has 6 heteroatoms. The molecule has 1 unspecified atom stereocenters. The molecule has 2 aromatic heterocycles. The van der Waals surface area contributed by atoms with Crippen LogP contribution in [0.25, 0.3) is 0 Å². The van der Waals surface area contributed by atoms with E-state index in [0.29, 0.717) is 10.8 Å². The third kappa shape index (κ3) is 2.87. The molecule has 1 N–H and O–H groups in total. The van der Waals surface area contributed by atoms with E-state index in [2.05, 4.69) is 20.3 Å². The number of methoxy groups -OCH3 is 1. The number of anilines is 1. The molecule has 0 saturated heterocycles.